The van der Waals surface area contributed by atoms with Gasteiger partial charge in [0.25, 0.3) is 0 Å². The van der Waals surface area contributed by atoms with Crippen LogP contribution in [0.25, 0.3) is 0 Å². The summed E-state index contributed by atoms with van der Waals surface area (Å²) >= 11 is 0. The van der Waals surface area contributed by atoms with E-state index in [0.29, 0.717) is 24.6 Å². The second-order valence-electron chi connectivity index (χ2n) is 5.06. The Kier molecular flexibility index (Phi) is 4.21. The third kappa shape index (κ3) is 3.25. The quantitative estimate of drug-likeness (QED) is 0.736. The summed E-state index contributed by atoms with van der Waals surface area (Å²) < 4.78 is 4.85. The number of aryl methyl sites for hydroxylation is 1. The first-order valence-corrected chi connectivity index (χ1v) is 6.56. The van der Waals surface area contributed by atoms with E-state index in [2.05, 4.69) is 20.8 Å². The van der Waals surface area contributed by atoms with Crippen LogP contribution in [0.4, 0.5) is 4.79 Å². The molecule has 8 nitrogen and oxygen atoms in total. The molecule has 1 aromatic heterocycles. The molecule has 0 bridgehead atoms. The average Bonchev–Trinajstić information content (AvgIpc) is 3.03. The molecule has 2 rings (SSSR count). The van der Waals surface area contributed by atoms with Crippen LogP contribution in [0.2, 0.25) is 0 Å². The highest BCUT2D eigenvalue weighted by Gasteiger charge is 2.41. The maximum absolute atomic E-state index is 11.6. The van der Waals surface area contributed by atoms with Crippen LogP contribution >= 0.6 is 0 Å². The molecule has 1 heterocycles. The van der Waals surface area contributed by atoms with Crippen LogP contribution < -0.4 is 10.6 Å². The van der Waals surface area contributed by atoms with E-state index < -0.39 is 17.4 Å². The highest BCUT2D eigenvalue weighted by Crippen LogP contribution is 2.37. The number of carboxylic acids is 1. The van der Waals surface area contributed by atoms with Crippen molar-refractivity contribution in [2.24, 2.45) is 5.41 Å². The van der Waals surface area contributed by atoms with Gasteiger partial charge in [-0.25, -0.2) is 4.79 Å². The maximum Gasteiger partial charge on any atom is 0.315 e. The molecule has 0 saturated heterocycles. The second kappa shape index (κ2) is 5.89. The molecule has 110 valence electrons. The first-order chi connectivity index (χ1) is 9.52. The molecule has 1 aromatic rings. The van der Waals surface area contributed by atoms with Crippen LogP contribution in [0.3, 0.4) is 0 Å². The topological polar surface area (TPSA) is 117 Å². The Bertz CT molecular complexity index is 493. The van der Waals surface area contributed by atoms with Gasteiger partial charge in [0.05, 0.1) is 12.0 Å². The van der Waals surface area contributed by atoms with Gasteiger partial charge in [-0.15, -0.1) is 0 Å². The number of amides is 2. The number of urea groups is 1. The summed E-state index contributed by atoms with van der Waals surface area (Å²) in [6.07, 6.45) is 2.98. The summed E-state index contributed by atoms with van der Waals surface area (Å²) in [5, 5.41) is 18.0. The Morgan fingerprint density at radius 3 is 2.60 bits per heavy atom. The van der Waals surface area contributed by atoms with E-state index in [1.807, 2.05) is 0 Å². The molecule has 1 aliphatic carbocycles. The van der Waals surface area contributed by atoms with E-state index in [1.54, 1.807) is 6.92 Å². The van der Waals surface area contributed by atoms with Crippen molar-refractivity contribution < 1.29 is 19.2 Å². The van der Waals surface area contributed by atoms with Gasteiger partial charge < -0.3 is 20.3 Å². The van der Waals surface area contributed by atoms with E-state index in [-0.39, 0.29) is 13.1 Å². The Hall–Kier alpha value is -2.12. The molecule has 0 unspecified atom stereocenters. The van der Waals surface area contributed by atoms with Gasteiger partial charge in [-0.3, -0.25) is 4.79 Å². The zero-order valence-corrected chi connectivity index (χ0v) is 11.3. The van der Waals surface area contributed by atoms with E-state index in [0.717, 1.165) is 12.8 Å². The minimum atomic E-state index is -0.845. The fraction of sp³-hybridized carbons (Fsp3) is 0.667. The Labute approximate surface area is 115 Å². The monoisotopic (exact) mass is 282 g/mol. The van der Waals surface area contributed by atoms with Crippen LogP contribution in [-0.2, 0) is 11.3 Å². The zero-order valence-electron chi connectivity index (χ0n) is 11.3. The molecule has 3 N–H and O–H groups in total. The van der Waals surface area contributed by atoms with Crippen LogP contribution in [0.15, 0.2) is 4.52 Å². The molecular weight excluding hydrogens is 264 g/mol. The zero-order chi connectivity index (χ0) is 14.6. The van der Waals surface area contributed by atoms with Gasteiger partial charge in [0, 0.05) is 6.54 Å². The molecule has 1 saturated carbocycles. The lowest BCUT2D eigenvalue weighted by Crippen LogP contribution is -2.44. The van der Waals surface area contributed by atoms with E-state index in [4.69, 9.17) is 4.52 Å². The predicted octanol–water partition coefficient (Wildman–Crippen LogP) is 0.822. The third-order valence-corrected chi connectivity index (χ3v) is 3.57. The number of aromatic nitrogens is 2. The minimum Gasteiger partial charge on any atom is -0.481 e. The first kappa shape index (κ1) is 14.3. The van der Waals surface area contributed by atoms with Crippen molar-refractivity contribution >= 4 is 12.0 Å². The molecule has 20 heavy (non-hydrogen) atoms. The molecule has 1 fully saturated rings. The van der Waals surface area contributed by atoms with Crippen LogP contribution in [-0.4, -0.2) is 33.8 Å². The minimum absolute atomic E-state index is 0.118. The number of carbonyl (C=O) groups is 2. The molecule has 0 aliphatic heterocycles. The Balaban J connectivity index is 1.78. The summed E-state index contributed by atoms with van der Waals surface area (Å²) in [7, 11) is 0. The number of nitrogens with zero attached hydrogens (tertiary/aromatic N) is 2. The number of carboxylic acid groups (broad SMARTS) is 1. The highest BCUT2D eigenvalue weighted by molar-refractivity contribution is 5.78. The van der Waals surface area contributed by atoms with Crippen molar-refractivity contribution in [3.8, 4) is 0 Å². The maximum atomic E-state index is 11.6. The number of hydrogen-bond donors (Lipinski definition) is 3. The summed E-state index contributed by atoms with van der Waals surface area (Å²) in [4.78, 5) is 26.9. The summed E-state index contributed by atoms with van der Waals surface area (Å²) in [5.41, 5.74) is -0.821. The normalized spacial score (nSPS) is 16.9. The number of aliphatic carboxylic acids is 1. The predicted molar refractivity (Wildman–Crippen MR) is 67.8 cm³/mol. The van der Waals surface area contributed by atoms with Gasteiger partial charge in [-0.05, 0) is 19.8 Å². The van der Waals surface area contributed by atoms with Gasteiger partial charge in [0.2, 0.25) is 5.89 Å². The molecule has 0 spiro atoms. The highest BCUT2D eigenvalue weighted by atomic mass is 16.5. The summed E-state index contributed by atoms with van der Waals surface area (Å²) in [5.74, 6) is -0.0349. The fourth-order valence-corrected chi connectivity index (χ4v) is 2.40. The van der Waals surface area contributed by atoms with Gasteiger partial charge in [0.15, 0.2) is 5.82 Å². The van der Waals surface area contributed by atoms with Crippen molar-refractivity contribution in [3.05, 3.63) is 11.7 Å². The largest absolute Gasteiger partial charge is 0.481 e. The van der Waals surface area contributed by atoms with Crippen molar-refractivity contribution in [2.45, 2.75) is 39.2 Å². The standard InChI is InChI=1S/C12H18N4O4/c1-8-15-9(20-16-8)6-13-11(19)14-7-12(10(17)18)4-2-3-5-12/h2-7H2,1H3,(H,17,18)(H2,13,14,19). The van der Waals surface area contributed by atoms with Crippen LogP contribution in [0, 0.1) is 12.3 Å². The fourth-order valence-electron chi connectivity index (χ4n) is 2.40. The number of carbonyl (C=O) groups excluding carboxylic acids is 1. The van der Waals surface area contributed by atoms with Gasteiger partial charge >= 0.3 is 12.0 Å². The number of rotatable bonds is 5. The van der Waals surface area contributed by atoms with E-state index in [9.17, 15) is 14.7 Å². The summed E-state index contributed by atoms with van der Waals surface area (Å²) in [6.45, 7) is 1.94. The molecule has 0 atom stereocenters. The van der Waals surface area contributed by atoms with E-state index in [1.165, 1.54) is 0 Å². The van der Waals surface area contributed by atoms with Crippen molar-refractivity contribution in [1.82, 2.24) is 20.8 Å². The average molecular weight is 282 g/mol. The lowest BCUT2D eigenvalue weighted by molar-refractivity contribution is -0.148. The molecule has 8 heteroatoms. The van der Waals surface area contributed by atoms with Crippen LogP contribution in [0.1, 0.15) is 37.4 Å². The molecule has 0 aromatic carbocycles. The second-order valence-corrected chi connectivity index (χ2v) is 5.06. The Morgan fingerprint density at radius 1 is 1.35 bits per heavy atom. The first-order valence-electron chi connectivity index (χ1n) is 6.56. The lowest BCUT2D eigenvalue weighted by atomic mass is 9.86. The van der Waals surface area contributed by atoms with Crippen molar-refractivity contribution in [1.29, 1.82) is 0 Å². The number of nitrogens with one attached hydrogen (secondary N) is 2. The summed E-state index contributed by atoms with van der Waals surface area (Å²) in [6, 6.07) is -0.437. The third-order valence-electron chi connectivity index (χ3n) is 3.57. The molecule has 1 aliphatic rings. The van der Waals surface area contributed by atoms with E-state index >= 15 is 0 Å². The molecule has 0 radical (unpaired) electrons. The molecular formula is C12H18N4O4. The lowest BCUT2D eigenvalue weighted by Gasteiger charge is -2.23. The van der Waals surface area contributed by atoms with Gasteiger partial charge in [-0.2, -0.15) is 4.98 Å². The Morgan fingerprint density at radius 2 is 2.05 bits per heavy atom. The van der Waals surface area contributed by atoms with Crippen LogP contribution in [0.5, 0.6) is 0 Å². The molecule has 2 amide bonds. The van der Waals surface area contributed by atoms with Crippen molar-refractivity contribution in [2.75, 3.05) is 6.54 Å². The van der Waals surface area contributed by atoms with Crippen molar-refractivity contribution in [3.63, 3.8) is 0 Å². The number of hydrogen-bond acceptors (Lipinski definition) is 5. The smallest absolute Gasteiger partial charge is 0.315 e. The SMILES string of the molecule is Cc1noc(CNC(=O)NCC2(C(=O)O)CCCC2)n1. The van der Waals surface area contributed by atoms with Gasteiger partial charge in [-0.1, -0.05) is 18.0 Å². The van der Waals surface area contributed by atoms with Gasteiger partial charge in [0.1, 0.15) is 0 Å².